The van der Waals surface area contributed by atoms with E-state index in [-0.39, 0.29) is 0 Å². The highest BCUT2D eigenvalue weighted by Gasteiger charge is 2.05. The Morgan fingerprint density at radius 2 is 2.15 bits per heavy atom. The number of aryl methyl sites for hydroxylation is 1. The first-order valence-corrected chi connectivity index (χ1v) is 6.59. The van der Waals surface area contributed by atoms with Gasteiger partial charge in [0.1, 0.15) is 12.2 Å². The first-order chi connectivity index (χ1) is 9.75. The molecule has 1 unspecified atom stereocenters. The Morgan fingerprint density at radius 1 is 1.35 bits per heavy atom. The molecule has 0 saturated heterocycles. The summed E-state index contributed by atoms with van der Waals surface area (Å²) in [4.78, 5) is 0. The second kappa shape index (κ2) is 7.74. The molecular weight excluding hydrogens is 256 g/mol. The van der Waals surface area contributed by atoms with Gasteiger partial charge in [0, 0.05) is 13.6 Å². The summed E-state index contributed by atoms with van der Waals surface area (Å²) in [6.07, 6.45) is 1.11. The van der Waals surface area contributed by atoms with Crippen molar-refractivity contribution in [3.05, 3.63) is 48.0 Å². The third-order valence-corrected chi connectivity index (χ3v) is 2.89. The summed E-state index contributed by atoms with van der Waals surface area (Å²) in [5, 5.41) is 20.7. The van der Waals surface area contributed by atoms with Gasteiger partial charge in [-0.05, 0) is 5.56 Å². The molecule has 2 aromatic rings. The summed E-state index contributed by atoms with van der Waals surface area (Å²) >= 11 is 0. The molecule has 108 valence electrons. The van der Waals surface area contributed by atoms with E-state index >= 15 is 0 Å². The lowest BCUT2D eigenvalue weighted by molar-refractivity contribution is 0.0286. The average molecular weight is 276 g/mol. The van der Waals surface area contributed by atoms with Crippen molar-refractivity contribution < 1.29 is 9.84 Å². The molecule has 0 fully saturated rings. The standard InChI is InChI=1S/C14H20N4O2/c1-18-11-16-17-14(18)8-15-7-13(19)10-20-9-12-5-3-2-4-6-12/h2-6,11,13,15,19H,7-10H2,1H3. The maximum atomic E-state index is 9.79. The fourth-order valence-electron chi connectivity index (χ4n) is 1.76. The first-order valence-electron chi connectivity index (χ1n) is 6.59. The molecule has 0 aliphatic carbocycles. The van der Waals surface area contributed by atoms with E-state index in [4.69, 9.17) is 4.74 Å². The monoisotopic (exact) mass is 276 g/mol. The molecule has 0 bridgehead atoms. The van der Waals surface area contributed by atoms with Gasteiger partial charge < -0.3 is 19.7 Å². The number of aliphatic hydroxyl groups excluding tert-OH is 1. The van der Waals surface area contributed by atoms with E-state index in [0.29, 0.717) is 26.3 Å². The van der Waals surface area contributed by atoms with Gasteiger partial charge in [0.2, 0.25) is 0 Å². The second-order valence-electron chi connectivity index (χ2n) is 4.64. The van der Waals surface area contributed by atoms with Crippen molar-refractivity contribution in [3.63, 3.8) is 0 Å². The van der Waals surface area contributed by atoms with E-state index in [2.05, 4.69) is 15.5 Å². The third kappa shape index (κ3) is 4.73. The fourth-order valence-corrected chi connectivity index (χ4v) is 1.76. The predicted octanol–water partition coefficient (Wildman–Crippen LogP) is 0.482. The van der Waals surface area contributed by atoms with E-state index in [1.54, 1.807) is 6.33 Å². The van der Waals surface area contributed by atoms with Crippen LogP contribution in [0.1, 0.15) is 11.4 Å². The van der Waals surface area contributed by atoms with Gasteiger partial charge >= 0.3 is 0 Å². The van der Waals surface area contributed by atoms with E-state index in [1.807, 2.05) is 41.9 Å². The summed E-state index contributed by atoms with van der Waals surface area (Å²) in [5.74, 6) is 0.836. The summed E-state index contributed by atoms with van der Waals surface area (Å²) in [7, 11) is 1.89. The van der Waals surface area contributed by atoms with Crippen molar-refractivity contribution in [1.29, 1.82) is 0 Å². The zero-order valence-electron chi connectivity index (χ0n) is 11.6. The Bertz CT molecular complexity index is 501. The van der Waals surface area contributed by atoms with Crippen LogP contribution in [0.5, 0.6) is 0 Å². The molecule has 1 aromatic heterocycles. The summed E-state index contributed by atoms with van der Waals surface area (Å²) in [6, 6.07) is 9.90. The van der Waals surface area contributed by atoms with Crippen molar-refractivity contribution in [2.75, 3.05) is 13.2 Å². The minimum Gasteiger partial charge on any atom is -0.389 e. The first kappa shape index (κ1) is 14.6. The molecule has 2 N–H and O–H groups in total. The van der Waals surface area contributed by atoms with Crippen molar-refractivity contribution in [2.24, 2.45) is 7.05 Å². The van der Waals surface area contributed by atoms with Gasteiger partial charge in [-0.15, -0.1) is 10.2 Å². The van der Waals surface area contributed by atoms with Crippen molar-refractivity contribution in [3.8, 4) is 0 Å². The van der Waals surface area contributed by atoms with E-state index in [9.17, 15) is 5.11 Å². The van der Waals surface area contributed by atoms with Crippen LogP contribution in [0, 0.1) is 0 Å². The molecule has 0 spiro atoms. The molecule has 0 radical (unpaired) electrons. The molecular formula is C14H20N4O2. The minimum absolute atomic E-state index is 0.306. The van der Waals surface area contributed by atoms with Crippen LogP contribution in [0.3, 0.4) is 0 Å². The van der Waals surface area contributed by atoms with Crippen LogP contribution in [0.4, 0.5) is 0 Å². The topological polar surface area (TPSA) is 72.2 Å². The molecule has 0 amide bonds. The highest BCUT2D eigenvalue weighted by atomic mass is 16.5. The lowest BCUT2D eigenvalue weighted by Gasteiger charge is -2.12. The Morgan fingerprint density at radius 3 is 2.85 bits per heavy atom. The van der Waals surface area contributed by atoms with Crippen LogP contribution in [-0.2, 0) is 24.9 Å². The lowest BCUT2D eigenvalue weighted by atomic mass is 10.2. The summed E-state index contributed by atoms with van der Waals surface area (Å²) in [5.41, 5.74) is 1.10. The van der Waals surface area contributed by atoms with Gasteiger partial charge in [-0.2, -0.15) is 0 Å². The molecule has 6 nitrogen and oxygen atoms in total. The molecule has 2 rings (SSSR count). The normalized spacial score (nSPS) is 12.5. The number of benzene rings is 1. The number of nitrogens with zero attached hydrogens (tertiary/aromatic N) is 3. The zero-order valence-corrected chi connectivity index (χ0v) is 11.6. The number of rotatable bonds is 8. The fraction of sp³-hybridized carbons (Fsp3) is 0.429. The van der Waals surface area contributed by atoms with Crippen LogP contribution in [0.15, 0.2) is 36.7 Å². The van der Waals surface area contributed by atoms with Gasteiger partial charge in [0.05, 0.1) is 25.9 Å². The van der Waals surface area contributed by atoms with E-state index in [0.717, 1.165) is 11.4 Å². The highest BCUT2D eigenvalue weighted by Crippen LogP contribution is 2.00. The number of aromatic nitrogens is 3. The maximum absolute atomic E-state index is 9.79. The van der Waals surface area contributed by atoms with Crippen molar-refractivity contribution in [2.45, 2.75) is 19.3 Å². The maximum Gasteiger partial charge on any atom is 0.146 e. The minimum atomic E-state index is -0.535. The molecule has 6 heteroatoms. The van der Waals surface area contributed by atoms with Crippen LogP contribution in [0.2, 0.25) is 0 Å². The highest BCUT2D eigenvalue weighted by molar-refractivity contribution is 5.13. The molecule has 20 heavy (non-hydrogen) atoms. The van der Waals surface area contributed by atoms with E-state index < -0.39 is 6.10 Å². The largest absolute Gasteiger partial charge is 0.389 e. The number of ether oxygens (including phenoxy) is 1. The molecule has 1 aromatic carbocycles. The van der Waals surface area contributed by atoms with Gasteiger partial charge in [-0.25, -0.2) is 0 Å². The van der Waals surface area contributed by atoms with Gasteiger partial charge in [-0.3, -0.25) is 0 Å². The number of nitrogens with one attached hydrogen (secondary N) is 1. The molecule has 0 aliphatic heterocycles. The zero-order chi connectivity index (χ0) is 14.2. The van der Waals surface area contributed by atoms with Crippen LogP contribution in [-0.4, -0.2) is 39.1 Å². The molecule has 1 atom stereocenters. The van der Waals surface area contributed by atoms with Crippen molar-refractivity contribution >= 4 is 0 Å². The third-order valence-electron chi connectivity index (χ3n) is 2.89. The van der Waals surface area contributed by atoms with Crippen molar-refractivity contribution in [1.82, 2.24) is 20.1 Å². The Labute approximate surface area is 118 Å². The SMILES string of the molecule is Cn1cnnc1CNCC(O)COCc1ccccc1. The van der Waals surface area contributed by atoms with Gasteiger partial charge in [0.15, 0.2) is 0 Å². The second-order valence-corrected chi connectivity index (χ2v) is 4.64. The summed E-state index contributed by atoms with van der Waals surface area (Å²) in [6.45, 7) is 1.86. The Balaban J connectivity index is 1.59. The number of hydrogen-bond donors (Lipinski definition) is 2. The Kier molecular flexibility index (Phi) is 5.67. The van der Waals surface area contributed by atoms with Gasteiger partial charge in [0.25, 0.3) is 0 Å². The van der Waals surface area contributed by atoms with Crippen LogP contribution >= 0.6 is 0 Å². The van der Waals surface area contributed by atoms with Gasteiger partial charge in [-0.1, -0.05) is 30.3 Å². The predicted molar refractivity (Wildman–Crippen MR) is 74.8 cm³/mol. The lowest BCUT2D eigenvalue weighted by Crippen LogP contribution is -2.30. The average Bonchev–Trinajstić information content (AvgIpc) is 2.86. The summed E-state index contributed by atoms with van der Waals surface area (Å²) < 4.78 is 7.31. The molecule has 0 saturated carbocycles. The van der Waals surface area contributed by atoms with Crippen LogP contribution < -0.4 is 5.32 Å². The Hall–Kier alpha value is -1.76. The van der Waals surface area contributed by atoms with E-state index in [1.165, 1.54) is 0 Å². The molecule has 0 aliphatic rings. The molecule has 1 heterocycles. The quantitative estimate of drug-likeness (QED) is 0.734. The number of hydrogen-bond acceptors (Lipinski definition) is 5. The smallest absolute Gasteiger partial charge is 0.146 e. The van der Waals surface area contributed by atoms with Crippen LogP contribution in [0.25, 0.3) is 0 Å². The number of aliphatic hydroxyl groups is 1.